The van der Waals surface area contributed by atoms with Gasteiger partial charge in [0.05, 0.1) is 23.4 Å². The molecule has 0 saturated carbocycles. The van der Waals surface area contributed by atoms with Gasteiger partial charge in [0.15, 0.2) is 11.0 Å². The van der Waals surface area contributed by atoms with Gasteiger partial charge in [-0.05, 0) is 140 Å². The molecule has 0 bridgehead atoms. The van der Waals surface area contributed by atoms with Crippen LogP contribution in [-0.4, -0.2) is 14.1 Å². The second kappa shape index (κ2) is 19.4. The Balaban J connectivity index is 1.02. The van der Waals surface area contributed by atoms with Crippen LogP contribution in [0.4, 0.5) is 0 Å². The van der Waals surface area contributed by atoms with Gasteiger partial charge in [-0.2, -0.15) is 9.13 Å². The molecule has 5 heteroatoms. The summed E-state index contributed by atoms with van der Waals surface area (Å²) in [6.45, 7) is 25.9. The van der Waals surface area contributed by atoms with Crippen LogP contribution in [0, 0.1) is 5.92 Å². The molecule has 0 N–H and O–H groups in total. The molecule has 3 aromatic heterocycles. The van der Waals surface area contributed by atoms with Crippen molar-refractivity contribution in [3.63, 3.8) is 0 Å². The molecule has 1 aliphatic rings. The SMILES string of the molecule is [2H]c1c([2H])c([2H])c(-c2cccc(-c3cc(C(C)(C)C)cc(C(C)(C)C)c3)c2-[n+]2cn(-c3cccc(Oc4ccc5c6c([2H])c([2H])c([2H])c([2H])c6n(-c6cc(C([2H])([2H])C(C)C)c(-c7ccc8c(c7)C(C)(C)CCC8(C)C)cn6)c5c4)c3)c3ccccc32)c([2H])c1[2H]. The van der Waals surface area contributed by atoms with Gasteiger partial charge < -0.3 is 4.74 Å². The molecule has 0 spiro atoms. The summed E-state index contributed by atoms with van der Waals surface area (Å²) in [6.07, 6.45) is 3.88. The van der Waals surface area contributed by atoms with E-state index in [1.54, 1.807) is 35.0 Å². The number of fused-ring (bicyclic) bond motifs is 5. The van der Waals surface area contributed by atoms with Crippen LogP contribution in [0.1, 0.15) is 139 Å². The van der Waals surface area contributed by atoms with E-state index in [1.807, 2.05) is 96.0 Å². The lowest BCUT2D eigenvalue weighted by atomic mass is 9.63. The van der Waals surface area contributed by atoms with Gasteiger partial charge in [-0.1, -0.05) is 204 Å². The summed E-state index contributed by atoms with van der Waals surface area (Å²) >= 11 is 0. The van der Waals surface area contributed by atoms with Crippen LogP contribution < -0.4 is 9.30 Å². The van der Waals surface area contributed by atoms with E-state index in [9.17, 15) is 8.22 Å². The number of rotatable bonds is 10. The molecule has 0 amide bonds. The Labute approximate surface area is 483 Å². The summed E-state index contributed by atoms with van der Waals surface area (Å²) in [5.41, 5.74) is 11.9. The number of para-hydroxylation sites is 4. The number of aromatic nitrogens is 4. The summed E-state index contributed by atoms with van der Waals surface area (Å²) < 4.78 is 113. The molecule has 8 aromatic carbocycles. The molecule has 79 heavy (non-hydrogen) atoms. The lowest BCUT2D eigenvalue weighted by molar-refractivity contribution is -0.566. The number of pyridine rings is 1. The van der Waals surface area contributed by atoms with Crippen molar-refractivity contribution in [1.82, 2.24) is 14.1 Å². The molecule has 3 heterocycles. The number of imidazole rings is 1. The highest BCUT2D eigenvalue weighted by molar-refractivity contribution is 6.09. The standard InChI is InChI=1S/C74H75N4O/c1-48(2)38-51-42-69(75-46-62(51)50-32-35-63-64(41-50)74(11,12)37-36-73(63,9)10)78-65-29-17-16-26-60(65)61-34-33-57(45-68(61)78)79-56-25-20-24-55(44-56)76-47-77(67-31-19-18-30-66(67)76)70-58(49-22-14-13-15-23-49)27-21-28-59(70)52-39-53(71(3,4)5)43-54(40-52)72(6,7)8/h13-35,39-48H,36-38H2,1-12H3/q+1/i13D,14D,15D,16D,17D,22D,23D,26D,29D,38D2. The van der Waals surface area contributed by atoms with Crippen LogP contribution in [0.2, 0.25) is 0 Å². The van der Waals surface area contributed by atoms with Crippen molar-refractivity contribution in [3.05, 3.63) is 222 Å². The fourth-order valence-electron chi connectivity index (χ4n) is 11.6. The third-order valence-electron chi connectivity index (χ3n) is 16.1. The van der Waals surface area contributed by atoms with E-state index in [2.05, 4.69) is 106 Å². The van der Waals surface area contributed by atoms with Crippen molar-refractivity contribution >= 4 is 32.8 Å². The summed E-state index contributed by atoms with van der Waals surface area (Å²) in [7, 11) is 0. The first-order valence-corrected chi connectivity index (χ1v) is 27.6. The van der Waals surface area contributed by atoms with Crippen molar-refractivity contribution in [2.45, 2.75) is 124 Å². The van der Waals surface area contributed by atoms with Crippen LogP contribution in [0.5, 0.6) is 11.5 Å². The van der Waals surface area contributed by atoms with Crippen LogP contribution in [0.3, 0.4) is 0 Å². The van der Waals surface area contributed by atoms with E-state index in [-0.39, 0.29) is 68.8 Å². The van der Waals surface area contributed by atoms with E-state index >= 15 is 0 Å². The fourth-order valence-corrected chi connectivity index (χ4v) is 11.6. The normalized spacial score (nSPS) is 16.5. The Kier molecular flexibility index (Phi) is 9.88. The molecule has 0 atom stereocenters. The van der Waals surface area contributed by atoms with E-state index in [1.165, 1.54) is 11.1 Å². The van der Waals surface area contributed by atoms with Gasteiger partial charge in [0, 0.05) is 48.5 Å². The van der Waals surface area contributed by atoms with Crippen molar-refractivity contribution in [2.24, 2.45) is 5.92 Å². The molecular formula is C74H75N4O+. The summed E-state index contributed by atoms with van der Waals surface area (Å²) in [4.78, 5) is 5.09. The quantitative estimate of drug-likeness (QED) is 0.128. The molecule has 11 aromatic rings. The van der Waals surface area contributed by atoms with Crippen LogP contribution in [-0.2, 0) is 28.0 Å². The molecular weight excluding hydrogens is 961 g/mol. The molecule has 0 saturated heterocycles. The highest BCUT2D eigenvalue weighted by Gasteiger charge is 2.37. The molecule has 1 aliphatic carbocycles. The van der Waals surface area contributed by atoms with E-state index in [0.717, 1.165) is 57.4 Å². The first kappa shape index (κ1) is 40.2. The lowest BCUT2D eigenvalue weighted by Gasteiger charge is -2.42. The predicted molar refractivity (Wildman–Crippen MR) is 331 cm³/mol. The minimum absolute atomic E-state index is 0.0230. The Morgan fingerprint density at radius 3 is 2.00 bits per heavy atom. The number of nitrogens with zero attached hydrogens (tertiary/aromatic N) is 4. The Hall–Kier alpha value is -8.02. The highest BCUT2D eigenvalue weighted by atomic mass is 16.5. The largest absolute Gasteiger partial charge is 0.457 e. The van der Waals surface area contributed by atoms with Gasteiger partial charge in [-0.3, -0.25) is 4.57 Å². The molecule has 0 radical (unpaired) electrons. The first-order chi connectivity index (χ1) is 42.2. The first-order valence-electron chi connectivity index (χ1n) is 33.1. The predicted octanol–water partition coefficient (Wildman–Crippen LogP) is 19.3. The van der Waals surface area contributed by atoms with Gasteiger partial charge in [0.2, 0.25) is 0 Å². The molecule has 0 fully saturated rings. The summed E-state index contributed by atoms with van der Waals surface area (Å²) in [6, 6.07) is 38.3. The van der Waals surface area contributed by atoms with Gasteiger partial charge >= 0.3 is 0 Å². The van der Waals surface area contributed by atoms with Crippen molar-refractivity contribution in [1.29, 1.82) is 0 Å². The zero-order chi connectivity index (χ0) is 64.8. The third-order valence-corrected chi connectivity index (χ3v) is 16.1. The number of benzene rings is 8. The van der Waals surface area contributed by atoms with Crippen LogP contribution in [0.15, 0.2) is 194 Å². The summed E-state index contributed by atoms with van der Waals surface area (Å²) in [5.74, 6) is 0.680. The maximum Gasteiger partial charge on any atom is 0.255 e. The average Bonchev–Trinajstić information content (AvgIpc) is 1.48. The smallest absolute Gasteiger partial charge is 0.255 e. The van der Waals surface area contributed by atoms with Crippen LogP contribution >= 0.6 is 0 Å². The Bertz CT molecular complexity index is 4730. The minimum atomic E-state index is -1.86. The number of ether oxygens (including phenoxy) is 1. The van der Waals surface area contributed by atoms with Crippen molar-refractivity contribution in [2.75, 3.05) is 0 Å². The van der Waals surface area contributed by atoms with Crippen molar-refractivity contribution < 1.29 is 24.4 Å². The Morgan fingerprint density at radius 2 is 1.27 bits per heavy atom. The molecule has 0 aliphatic heterocycles. The second-order valence-corrected chi connectivity index (χ2v) is 25.1. The molecule has 12 rings (SSSR count). The van der Waals surface area contributed by atoms with E-state index < -0.39 is 36.5 Å². The zero-order valence-electron chi connectivity index (χ0n) is 58.5. The highest BCUT2D eigenvalue weighted by Crippen LogP contribution is 2.48. The Morgan fingerprint density at radius 1 is 0.595 bits per heavy atom. The third kappa shape index (κ3) is 9.55. The van der Waals surface area contributed by atoms with Crippen molar-refractivity contribution in [3.8, 4) is 62.1 Å². The van der Waals surface area contributed by atoms with Gasteiger partial charge in [-0.15, -0.1) is 0 Å². The topological polar surface area (TPSA) is 35.9 Å². The van der Waals surface area contributed by atoms with E-state index in [4.69, 9.17) is 16.6 Å². The maximum absolute atomic E-state index is 9.69. The van der Waals surface area contributed by atoms with Gasteiger partial charge in [0.1, 0.15) is 28.7 Å². The van der Waals surface area contributed by atoms with E-state index in [0.29, 0.717) is 50.2 Å². The van der Waals surface area contributed by atoms with Crippen LogP contribution in [0.25, 0.3) is 83.4 Å². The molecule has 0 unspecified atom stereocenters. The fraction of sp³-hybridized carbons (Fsp3) is 0.270. The minimum Gasteiger partial charge on any atom is -0.457 e. The summed E-state index contributed by atoms with van der Waals surface area (Å²) in [5, 5.41) is 0.826. The average molecular weight is 1050 g/mol. The zero-order valence-corrected chi connectivity index (χ0v) is 47.5. The van der Waals surface area contributed by atoms with Gasteiger partial charge in [-0.25, -0.2) is 4.98 Å². The number of hydrogen-bond donors (Lipinski definition) is 0. The molecule has 396 valence electrons. The van der Waals surface area contributed by atoms with Gasteiger partial charge in [0.25, 0.3) is 6.33 Å². The lowest BCUT2D eigenvalue weighted by Crippen LogP contribution is -2.33. The number of hydrogen-bond acceptors (Lipinski definition) is 2. The maximum atomic E-state index is 9.69. The molecule has 5 nitrogen and oxygen atoms in total. The monoisotopic (exact) mass is 1050 g/mol. The second-order valence-electron chi connectivity index (χ2n) is 25.1.